The van der Waals surface area contributed by atoms with Crippen LogP contribution in [0.3, 0.4) is 0 Å². The first-order valence-electron chi connectivity index (χ1n) is 7.23. The van der Waals surface area contributed by atoms with Gasteiger partial charge in [0.2, 0.25) is 10.0 Å². The molecule has 0 heterocycles. The molecule has 0 fully saturated rings. The van der Waals surface area contributed by atoms with Crippen molar-refractivity contribution in [2.24, 2.45) is 5.92 Å². The van der Waals surface area contributed by atoms with Gasteiger partial charge in [-0.1, -0.05) is 13.8 Å². The lowest BCUT2D eigenvalue weighted by Crippen LogP contribution is -2.36. The fourth-order valence-corrected chi connectivity index (χ4v) is 3.05. The Morgan fingerprint density at radius 3 is 2.14 bits per heavy atom. The van der Waals surface area contributed by atoms with Crippen molar-refractivity contribution in [3.05, 3.63) is 18.2 Å². The predicted molar refractivity (Wildman–Crippen MR) is 83.4 cm³/mol. The number of nitrogens with one attached hydrogen (secondary N) is 1. The molecule has 0 aliphatic carbocycles. The maximum Gasteiger partial charge on any atom is 0.240 e. The third-order valence-electron chi connectivity index (χ3n) is 3.17. The van der Waals surface area contributed by atoms with Crippen LogP contribution in [-0.2, 0) is 10.0 Å². The molecule has 1 unspecified atom stereocenters. The topological polar surface area (TPSA) is 64.6 Å². The molecule has 21 heavy (non-hydrogen) atoms. The first-order chi connectivity index (χ1) is 9.81. The van der Waals surface area contributed by atoms with Crippen LogP contribution in [0.15, 0.2) is 23.1 Å². The summed E-state index contributed by atoms with van der Waals surface area (Å²) in [5.74, 6) is 1.21. The van der Waals surface area contributed by atoms with Crippen molar-refractivity contribution < 1.29 is 17.9 Å². The van der Waals surface area contributed by atoms with Crippen molar-refractivity contribution in [3.63, 3.8) is 0 Å². The van der Waals surface area contributed by atoms with E-state index in [1.165, 1.54) is 12.1 Å². The van der Waals surface area contributed by atoms with Gasteiger partial charge in [-0.15, -0.1) is 0 Å². The Labute approximate surface area is 127 Å². The van der Waals surface area contributed by atoms with Gasteiger partial charge in [-0.2, -0.15) is 0 Å². The molecule has 5 nitrogen and oxygen atoms in total. The molecular formula is C15H25NO4S. The smallest absolute Gasteiger partial charge is 0.240 e. The van der Waals surface area contributed by atoms with Gasteiger partial charge in [0.15, 0.2) is 11.5 Å². The van der Waals surface area contributed by atoms with Gasteiger partial charge in [0, 0.05) is 12.1 Å². The number of ether oxygens (including phenoxy) is 2. The van der Waals surface area contributed by atoms with E-state index >= 15 is 0 Å². The van der Waals surface area contributed by atoms with Crippen LogP contribution in [0.2, 0.25) is 0 Å². The summed E-state index contributed by atoms with van der Waals surface area (Å²) in [6.45, 7) is 10.4. The zero-order valence-electron chi connectivity index (χ0n) is 13.3. The summed E-state index contributed by atoms with van der Waals surface area (Å²) in [5, 5.41) is 0. The van der Waals surface area contributed by atoms with Gasteiger partial charge >= 0.3 is 0 Å². The zero-order valence-corrected chi connectivity index (χ0v) is 14.2. The number of hydrogen-bond acceptors (Lipinski definition) is 4. The lowest BCUT2D eigenvalue weighted by atomic mass is 10.1. The van der Waals surface area contributed by atoms with Crippen LogP contribution >= 0.6 is 0 Å². The lowest BCUT2D eigenvalue weighted by molar-refractivity contribution is 0.287. The minimum Gasteiger partial charge on any atom is -0.490 e. The van der Waals surface area contributed by atoms with Crippen molar-refractivity contribution in [2.75, 3.05) is 13.2 Å². The van der Waals surface area contributed by atoms with E-state index in [0.29, 0.717) is 24.7 Å². The van der Waals surface area contributed by atoms with Gasteiger partial charge in [-0.3, -0.25) is 0 Å². The van der Waals surface area contributed by atoms with Crippen LogP contribution in [0.4, 0.5) is 0 Å². The maximum absolute atomic E-state index is 12.4. The van der Waals surface area contributed by atoms with Gasteiger partial charge in [0.25, 0.3) is 0 Å². The average molecular weight is 315 g/mol. The van der Waals surface area contributed by atoms with Crippen molar-refractivity contribution in [1.82, 2.24) is 4.72 Å². The standard InChI is InChI=1S/C15H25NO4S/c1-6-19-14-9-8-13(10-15(14)20-7-2)21(17,18)16-12(5)11(3)4/h8-12,16H,6-7H2,1-5H3. The van der Waals surface area contributed by atoms with Gasteiger partial charge in [-0.25, -0.2) is 13.1 Å². The Morgan fingerprint density at radius 1 is 1.05 bits per heavy atom. The fourth-order valence-electron chi connectivity index (χ4n) is 1.65. The number of benzene rings is 1. The van der Waals surface area contributed by atoms with Crippen LogP contribution in [0.1, 0.15) is 34.6 Å². The Morgan fingerprint density at radius 2 is 1.62 bits per heavy atom. The molecule has 1 N–H and O–H groups in total. The van der Waals surface area contributed by atoms with Crippen LogP contribution < -0.4 is 14.2 Å². The van der Waals surface area contributed by atoms with E-state index in [2.05, 4.69) is 4.72 Å². The first kappa shape index (κ1) is 17.8. The average Bonchev–Trinajstić information content (AvgIpc) is 2.40. The molecule has 6 heteroatoms. The normalized spacial score (nSPS) is 13.2. The minimum absolute atomic E-state index is 0.142. The van der Waals surface area contributed by atoms with E-state index in [1.807, 2.05) is 34.6 Å². The third-order valence-corrected chi connectivity index (χ3v) is 4.72. The highest BCUT2D eigenvalue weighted by Crippen LogP contribution is 2.30. The molecule has 1 aromatic carbocycles. The van der Waals surface area contributed by atoms with Crippen molar-refractivity contribution in [2.45, 2.75) is 45.6 Å². The molecule has 1 rings (SSSR count). The molecule has 0 aliphatic rings. The highest BCUT2D eigenvalue weighted by atomic mass is 32.2. The summed E-state index contributed by atoms with van der Waals surface area (Å²) < 4.78 is 38.3. The Kier molecular flexibility index (Phi) is 6.48. The van der Waals surface area contributed by atoms with Crippen LogP contribution in [0, 0.1) is 5.92 Å². The second-order valence-corrected chi connectivity index (χ2v) is 6.84. The van der Waals surface area contributed by atoms with Gasteiger partial charge in [0.05, 0.1) is 18.1 Å². The van der Waals surface area contributed by atoms with Gasteiger partial charge < -0.3 is 9.47 Å². The molecular weight excluding hydrogens is 290 g/mol. The molecule has 0 aromatic heterocycles. The second kappa shape index (κ2) is 7.66. The van der Waals surface area contributed by atoms with E-state index in [4.69, 9.17) is 9.47 Å². The summed E-state index contributed by atoms with van der Waals surface area (Å²) in [6, 6.07) is 4.52. The molecule has 1 atom stereocenters. The summed E-state index contributed by atoms with van der Waals surface area (Å²) >= 11 is 0. The van der Waals surface area contributed by atoms with E-state index < -0.39 is 10.0 Å². The molecule has 0 radical (unpaired) electrons. The summed E-state index contributed by atoms with van der Waals surface area (Å²) in [4.78, 5) is 0.182. The number of hydrogen-bond donors (Lipinski definition) is 1. The fraction of sp³-hybridized carbons (Fsp3) is 0.600. The Bertz CT molecular complexity index is 555. The minimum atomic E-state index is -3.56. The van der Waals surface area contributed by atoms with Crippen molar-refractivity contribution in [1.29, 1.82) is 0 Å². The maximum atomic E-state index is 12.4. The SMILES string of the molecule is CCOc1ccc(S(=O)(=O)NC(C)C(C)C)cc1OCC. The molecule has 0 aliphatic heterocycles. The van der Waals surface area contributed by atoms with E-state index in [9.17, 15) is 8.42 Å². The van der Waals surface area contributed by atoms with Crippen LogP contribution in [-0.4, -0.2) is 27.7 Å². The Balaban J connectivity index is 3.09. The van der Waals surface area contributed by atoms with E-state index in [-0.39, 0.29) is 16.9 Å². The highest BCUT2D eigenvalue weighted by Gasteiger charge is 2.21. The molecule has 0 spiro atoms. The number of sulfonamides is 1. The van der Waals surface area contributed by atoms with Crippen LogP contribution in [0.25, 0.3) is 0 Å². The van der Waals surface area contributed by atoms with Crippen molar-refractivity contribution >= 4 is 10.0 Å². The van der Waals surface area contributed by atoms with E-state index in [1.54, 1.807) is 6.07 Å². The second-order valence-electron chi connectivity index (χ2n) is 5.13. The third kappa shape index (κ3) is 4.89. The van der Waals surface area contributed by atoms with Gasteiger partial charge in [-0.05, 0) is 38.8 Å². The quantitative estimate of drug-likeness (QED) is 0.801. The Hall–Kier alpha value is -1.27. The molecule has 0 saturated carbocycles. The molecule has 0 bridgehead atoms. The van der Waals surface area contributed by atoms with Crippen molar-refractivity contribution in [3.8, 4) is 11.5 Å². The summed E-state index contributed by atoms with van der Waals surface area (Å²) in [6.07, 6.45) is 0. The number of rotatable bonds is 8. The van der Waals surface area contributed by atoms with E-state index in [0.717, 1.165) is 0 Å². The first-order valence-corrected chi connectivity index (χ1v) is 8.72. The lowest BCUT2D eigenvalue weighted by Gasteiger charge is -2.18. The zero-order chi connectivity index (χ0) is 16.0. The van der Waals surface area contributed by atoms with Gasteiger partial charge in [0.1, 0.15) is 0 Å². The summed E-state index contributed by atoms with van der Waals surface area (Å²) in [7, 11) is -3.56. The molecule has 1 aromatic rings. The molecule has 120 valence electrons. The molecule has 0 amide bonds. The predicted octanol–water partition coefficient (Wildman–Crippen LogP) is 2.81. The monoisotopic (exact) mass is 315 g/mol. The summed E-state index contributed by atoms with van der Waals surface area (Å²) in [5.41, 5.74) is 0. The molecule has 0 saturated heterocycles. The largest absolute Gasteiger partial charge is 0.490 e. The van der Waals surface area contributed by atoms with Crippen LogP contribution in [0.5, 0.6) is 11.5 Å². The highest BCUT2D eigenvalue weighted by molar-refractivity contribution is 7.89.